The molecule has 0 saturated heterocycles. The summed E-state index contributed by atoms with van der Waals surface area (Å²) in [7, 11) is 1.62. The van der Waals surface area contributed by atoms with Crippen molar-refractivity contribution in [2.75, 3.05) is 5.32 Å². The Labute approximate surface area is 119 Å². The molecule has 0 spiro atoms. The Morgan fingerprint density at radius 3 is 2.50 bits per heavy atom. The van der Waals surface area contributed by atoms with E-state index in [0.717, 1.165) is 6.07 Å². The number of amides is 1. The van der Waals surface area contributed by atoms with E-state index in [9.17, 15) is 15.0 Å². The molecule has 2 rings (SSSR count). The molecule has 0 bridgehead atoms. The molecule has 0 saturated carbocycles. The van der Waals surface area contributed by atoms with Crippen molar-refractivity contribution in [1.82, 2.24) is 9.78 Å². The second kappa shape index (κ2) is 5.17. The SMILES string of the molecule is Cn1ncc(C(N)=S)c1NC(=O)c1cc(O)cc(O)c1. The maximum absolute atomic E-state index is 12.1. The Kier molecular flexibility index (Phi) is 3.57. The smallest absolute Gasteiger partial charge is 0.257 e. The second-order valence-corrected chi connectivity index (χ2v) is 4.53. The average molecular weight is 292 g/mol. The number of carbonyl (C=O) groups is 1. The standard InChI is InChI=1S/C12H12N4O3S/c1-16-11(9(5-14-16)10(13)20)15-12(19)6-2-7(17)4-8(18)3-6/h2-5,17-18H,1H3,(H2,13,20)(H,15,19). The minimum Gasteiger partial charge on any atom is -0.508 e. The fourth-order valence-corrected chi connectivity index (χ4v) is 1.82. The van der Waals surface area contributed by atoms with Crippen molar-refractivity contribution in [3.63, 3.8) is 0 Å². The first kappa shape index (κ1) is 13.8. The topological polar surface area (TPSA) is 113 Å². The van der Waals surface area contributed by atoms with Gasteiger partial charge in [-0.15, -0.1) is 0 Å². The van der Waals surface area contributed by atoms with E-state index in [1.807, 2.05) is 0 Å². The zero-order valence-electron chi connectivity index (χ0n) is 10.5. The fraction of sp³-hybridized carbons (Fsp3) is 0.0833. The highest BCUT2D eigenvalue weighted by Gasteiger charge is 2.15. The van der Waals surface area contributed by atoms with E-state index in [1.165, 1.54) is 23.0 Å². The van der Waals surface area contributed by atoms with Gasteiger partial charge in [0, 0.05) is 18.7 Å². The second-order valence-electron chi connectivity index (χ2n) is 4.09. The van der Waals surface area contributed by atoms with E-state index in [-0.39, 0.29) is 22.1 Å². The van der Waals surface area contributed by atoms with Gasteiger partial charge in [0.15, 0.2) is 0 Å². The van der Waals surface area contributed by atoms with Gasteiger partial charge in [0.25, 0.3) is 5.91 Å². The van der Waals surface area contributed by atoms with Crippen LogP contribution >= 0.6 is 12.2 Å². The first-order valence-corrected chi connectivity index (χ1v) is 5.95. The summed E-state index contributed by atoms with van der Waals surface area (Å²) in [5.41, 5.74) is 6.06. The summed E-state index contributed by atoms with van der Waals surface area (Å²) >= 11 is 4.87. The molecule has 5 N–H and O–H groups in total. The summed E-state index contributed by atoms with van der Waals surface area (Å²) in [6, 6.07) is 3.58. The zero-order valence-corrected chi connectivity index (χ0v) is 11.3. The number of aromatic hydroxyl groups is 2. The Balaban J connectivity index is 2.32. The molecule has 0 unspecified atom stereocenters. The summed E-state index contributed by atoms with van der Waals surface area (Å²) in [6.45, 7) is 0. The number of anilines is 1. The van der Waals surface area contributed by atoms with Crippen LogP contribution in [-0.2, 0) is 7.05 Å². The van der Waals surface area contributed by atoms with E-state index >= 15 is 0 Å². The van der Waals surface area contributed by atoms with E-state index in [2.05, 4.69) is 10.4 Å². The number of phenolic OH excluding ortho intramolecular Hbond substituents is 2. The monoisotopic (exact) mass is 292 g/mol. The van der Waals surface area contributed by atoms with Crippen molar-refractivity contribution in [3.8, 4) is 11.5 Å². The molecular weight excluding hydrogens is 280 g/mol. The van der Waals surface area contributed by atoms with Gasteiger partial charge in [-0.3, -0.25) is 9.48 Å². The first-order valence-electron chi connectivity index (χ1n) is 5.54. The van der Waals surface area contributed by atoms with Crippen LogP contribution in [0.15, 0.2) is 24.4 Å². The molecule has 1 aromatic carbocycles. The number of hydrogen-bond acceptors (Lipinski definition) is 5. The number of hydrogen-bond donors (Lipinski definition) is 4. The van der Waals surface area contributed by atoms with E-state index in [1.54, 1.807) is 7.05 Å². The predicted octanol–water partition coefficient (Wildman–Crippen LogP) is 0.718. The van der Waals surface area contributed by atoms with Crippen molar-refractivity contribution in [1.29, 1.82) is 0 Å². The summed E-state index contributed by atoms with van der Waals surface area (Å²) < 4.78 is 1.41. The molecule has 0 aliphatic rings. The van der Waals surface area contributed by atoms with Crippen molar-refractivity contribution in [3.05, 3.63) is 35.5 Å². The first-order chi connectivity index (χ1) is 9.38. The molecule has 0 fully saturated rings. The van der Waals surface area contributed by atoms with Crippen LogP contribution in [0.5, 0.6) is 11.5 Å². The van der Waals surface area contributed by atoms with Crippen LogP contribution in [0.3, 0.4) is 0 Å². The number of aryl methyl sites for hydroxylation is 1. The lowest BCUT2D eigenvalue weighted by molar-refractivity contribution is 0.102. The molecular formula is C12H12N4O3S. The zero-order chi connectivity index (χ0) is 14.9. The lowest BCUT2D eigenvalue weighted by atomic mass is 10.2. The van der Waals surface area contributed by atoms with Gasteiger partial charge < -0.3 is 21.3 Å². The average Bonchev–Trinajstić information content (AvgIpc) is 2.70. The number of phenols is 2. The van der Waals surface area contributed by atoms with Crippen LogP contribution in [-0.4, -0.2) is 30.9 Å². The van der Waals surface area contributed by atoms with Crippen molar-refractivity contribution in [2.45, 2.75) is 0 Å². The normalized spacial score (nSPS) is 10.2. The molecule has 7 nitrogen and oxygen atoms in total. The molecule has 0 aliphatic heterocycles. The molecule has 1 amide bonds. The minimum absolute atomic E-state index is 0.0950. The Morgan fingerprint density at radius 1 is 1.35 bits per heavy atom. The maximum Gasteiger partial charge on any atom is 0.257 e. The third kappa shape index (κ3) is 2.69. The molecule has 104 valence electrons. The van der Waals surface area contributed by atoms with Crippen LogP contribution in [0.4, 0.5) is 5.82 Å². The molecule has 2 aromatic rings. The Morgan fingerprint density at radius 2 is 1.95 bits per heavy atom. The molecule has 20 heavy (non-hydrogen) atoms. The Hall–Kier alpha value is -2.61. The fourth-order valence-electron chi connectivity index (χ4n) is 1.67. The van der Waals surface area contributed by atoms with Gasteiger partial charge in [0.2, 0.25) is 0 Å². The molecule has 8 heteroatoms. The largest absolute Gasteiger partial charge is 0.508 e. The lowest BCUT2D eigenvalue weighted by Gasteiger charge is -2.08. The highest BCUT2D eigenvalue weighted by Crippen LogP contribution is 2.22. The summed E-state index contributed by atoms with van der Waals surface area (Å²) in [5, 5.41) is 25.3. The van der Waals surface area contributed by atoms with Gasteiger partial charge in [-0.25, -0.2) is 0 Å². The summed E-state index contributed by atoms with van der Waals surface area (Å²) in [4.78, 5) is 12.2. The number of rotatable bonds is 3. The molecule has 0 atom stereocenters. The molecule has 0 radical (unpaired) electrons. The van der Waals surface area contributed by atoms with E-state index < -0.39 is 5.91 Å². The van der Waals surface area contributed by atoms with Gasteiger partial charge in [-0.1, -0.05) is 12.2 Å². The third-order valence-corrected chi connectivity index (χ3v) is 2.82. The number of thiocarbonyl (C=S) groups is 1. The predicted molar refractivity (Wildman–Crippen MR) is 76.8 cm³/mol. The number of carbonyl (C=O) groups excluding carboxylic acids is 1. The van der Waals surface area contributed by atoms with Crippen molar-refractivity contribution in [2.24, 2.45) is 12.8 Å². The number of benzene rings is 1. The third-order valence-electron chi connectivity index (χ3n) is 2.60. The Bertz CT molecular complexity index is 676. The van der Waals surface area contributed by atoms with Crippen LogP contribution in [0, 0.1) is 0 Å². The van der Waals surface area contributed by atoms with Gasteiger partial charge in [0.05, 0.1) is 11.8 Å². The van der Waals surface area contributed by atoms with Crippen LogP contribution in [0.25, 0.3) is 0 Å². The molecule has 1 aromatic heterocycles. The van der Waals surface area contributed by atoms with Gasteiger partial charge in [0.1, 0.15) is 22.3 Å². The highest BCUT2D eigenvalue weighted by molar-refractivity contribution is 7.80. The maximum atomic E-state index is 12.1. The number of nitrogens with two attached hydrogens (primary N) is 1. The summed E-state index contributed by atoms with van der Waals surface area (Å²) in [5.74, 6) is -0.618. The number of aromatic nitrogens is 2. The highest BCUT2D eigenvalue weighted by atomic mass is 32.1. The van der Waals surface area contributed by atoms with Gasteiger partial charge in [-0.05, 0) is 12.1 Å². The molecule has 0 aliphatic carbocycles. The lowest BCUT2D eigenvalue weighted by Crippen LogP contribution is -2.18. The van der Waals surface area contributed by atoms with Crippen molar-refractivity contribution < 1.29 is 15.0 Å². The van der Waals surface area contributed by atoms with E-state index in [0.29, 0.717) is 11.4 Å². The van der Waals surface area contributed by atoms with Gasteiger partial charge >= 0.3 is 0 Å². The quantitative estimate of drug-likeness (QED) is 0.620. The van der Waals surface area contributed by atoms with Crippen LogP contribution in [0.2, 0.25) is 0 Å². The minimum atomic E-state index is -0.530. The number of nitrogens with zero attached hydrogens (tertiary/aromatic N) is 2. The number of nitrogens with one attached hydrogen (secondary N) is 1. The van der Waals surface area contributed by atoms with Crippen LogP contribution in [0.1, 0.15) is 15.9 Å². The molecule has 1 heterocycles. The van der Waals surface area contributed by atoms with Crippen LogP contribution < -0.4 is 11.1 Å². The van der Waals surface area contributed by atoms with Crippen molar-refractivity contribution >= 4 is 28.9 Å². The van der Waals surface area contributed by atoms with Gasteiger partial charge in [-0.2, -0.15) is 5.10 Å². The van der Waals surface area contributed by atoms with E-state index in [4.69, 9.17) is 18.0 Å². The summed E-state index contributed by atoms with van der Waals surface area (Å²) in [6.07, 6.45) is 1.44.